The number of ether oxygens (including phenoxy) is 1. The highest BCUT2D eigenvalue weighted by Crippen LogP contribution is 2.44. The van der Waals surface area contributed by atoms with Gasteiger partial charge in [-0.3, -0.25) is 24.6 Å². The van der Waals surface area contributed by atoms with Crippen molar-refractivity contribution in [3.8, 4) is 0 Å². The van der Waals surface area contributed by atoms with Gasteiger partial charge in [0.1, 0.15) is 11.4 Å². The lowest BCUT2D eigenvalue weighted by Gasteiger charge is -2.32. The van der Waals surface area contributed by atoms with Crippen LogP contribution in [0.2, 0.25) is 0 Å². The number of methoxy groups -OCH3 is 1. The van der Waals surface area contributed by atoms with Crippen LogP contribution >= 0.6 is 0 Å². The van der Waals surface area contributed by atoms with Crippen LogP contribution in [0, 0.1) is 17.7 Å². The number of likely N-dealkylation sites (tertiary alicyclic amines) is 1. The zero-order valence-corrected chi connectivity index (χ0v) is 21.0. The predicted octanol–water partition coefficient (Wildman–Crippen LogP) is 1.84. The summed E-state index contributed by atoms with van der Waals surface area (Å²) in [6, 6.07) is 4.30. The van der Waals surface area contributed by atoms with Gasteiger partial charge in [-0.1, -0.05) is 6.92 Å². The van der Waals surface area contributed by atoms with E-state index in [1.807, 2.05) is 0 Å². The van der Waals surface area contributed by atoms with Gasteiger partial charge in [0.25, 0.3) is 0 Å². The number of carboxylic acids is 1. The first-order valence-electron chi connectivity index (χ1n) is 11.4. The number of carbonyl (C=O) groups is 5. The van der Waals surface area contributed by atoms with E-state index in [1.165, 1.54) is 43.3 Å². The van der Waals surface area contributed by atoms with E-state index in [0.717, 1.165) is 4.90 Å². The van der Waals surface area contributed by atoms with Crippen LogP contribution in [0.5, 0.6) is 0 Å². The quantitative estimate of drug-likeness (QED) is 0.278. The number of likely N-dealkylation sites (N-methyl/N-ethyl adjacent to an activating group) is 1. The molecule has 2 fully saturated rings. The second-order valence-electron chi connectivity index (χ2n) is 8.58. The molecular weight excluding hydrogens is 520 g/mol. The van der Waals surface area contributed by atoms with Crippen molar-refractivity contribution in [1.29, 1.82) is 0 Å². The number of nitrogens with zero attached hydrogens (tertiary/aromatic N) is 2. The molecule has 0 unspecified atom stereocenters. The average molecular weight is 548 g/mol. The molecule has 0 aliphatic carbocycles. The van der Waals surface area contributed by atoms with Gasteiger partial charge < -0.3 is 20.1 Å². The van der Waals surface area contributed by atoms with Gasteiger partial charge in [0.05, 0.1) is 18.9 Å². The Bertz CT molecular complexity index is 1080. The van der Waals surface area contributed by atoms with Crippen LogP contribution < -0.4 is 10.6 Å². The van der Waals surface area contributed by atoms with Crippen molar-refractivity contribution >= 4 is 35.5 Å². The van der Waals surface area contributed by atoms with Crippen molar-refractivity contribution in [2.45, 2.75) is 38.0 Å². The molecule has 11 nitrogen and oxygen atoms in total. The first-order valence-corrected chi connectivity index (χ1v) is 11.4. The molecule has 0 saturated carbocycles. The van der Waals surface area contributed by atoms with Gasteiger partial charge >= 0.3 is 24.1 Å². The first-order chi connectivity index (χ1) is 17.6. The fourth-order valence-electron chi connectivity index (χ4n) is 4.59. The zero-order valence-electron chi connectivity index (χ0n) is 21.0. The maximum absolute atomic E-state index is 13.1. The molecule has 2 aliphatic rings. The maximum atomic E-state index is 13.1. The SMILES string of the molecule is CCN(C[C@H]1N[C@@](CC)(C(=O)OC)[C@H]2C(=O)N(C)C(=O)[C@@H]12)C(=O)Nc1ccc(F)cc1.O=C(O)C(F)(F)F. The summed E-state index contributed by atoms with van der Waals surface area (Å²) in [5.41, 5.74) is -0.916. The Balaban J connectivity index is 0.000000638. The number of hydrogen-bond acceptors (Lipinski definition) is 7. The number of nitrogens with one attached hydrogen (secondary N) is 2. The average Bonchev–Trinajstić information content (AvgIpc) is 3.32. The fraction of sp³-hybridized carbons (Fsp3) is 0.522. The van der Waals surface area contributed by atoms with E-state index in [4.69, 9.17) is 14.6 Å². The van der Waals surface area contributed by atoms with E-state index >= 15 is 0 Å². The molecule has 15 heteroatoms. The highest BCUT2D eigenvalue weighted by molar-refractivity contribution is 6.09. The molecule has 1 aromatic rings. The molecule has 3 N–H and O–H groups in total. The summed E-state index contributed by atoms with van der Waals surface area (Å²) in [6.45, 7) is 3.93. The molecule has 210 valence electrons. The minimum absolute atomic E-state index is 0.0936. The number of rotatable bonds is 6. The second kappa shape index (κ2) is 11.8. The van der Waals surface area contributed by atoms with Crippen LogP contribution in [-0.2, 0) is 23.9 Å². The minimum Gasteiger partial charge on any atom is -0.475 e. The zero-order chi connectivity index (χ0) is 29.0. The van der Waals surface area contributed by atoms with Crippen LogP contribution in [0.4, 0.5) is 28.0 Å². The number of halogens is 4. The monoisotopic (exact) mass is 548 g/mol. The second-order valence-corrected chi connectivity index (χ2v) is 8.58. The standard InChI is InChI=1S/C21H27FN4O5.C2HF3O2/c1-5-21(19(29)31-4)16-15(17(27)25(3)18(16)28)14(24-21)11-26(6-2)20(30)23-13-9-7-12(22)8-10-13;3-2(4,5)1(6)7/h7-10,14-16,24H,5-6,11H2,1-4H3,(H,23,30);(H,6,7)/t14-,15+,16-,21-;/m1./s1. The molecule has 1 aromatic carbocycles. The molecule has 3 rings (SSSR count). The van der Waals surface area contributed by atoms with E-state index in [1.54, 1.807) is 13.8 Å². The third kappa shape index (κ3) is 6.03. The van der Waals surface area contributed by atoms with Crippen LogP contribution in [0.3, 0.4) is 0 Å². The number of esters is 1. The minimum atomic E-state index is -5.08. The number of hydrogen-bond donors (Lipinski definition) is 3. The molecule has 0 radical (unpaired) electrons. The molecule has 2 aliphatic heterocycles. The summed E-state index contributed by atoms with van der Waals surface area (Å²) in [5, 5.41) is 13.0. The lowest BCUT2D eigenvalue weighted by Crippen LogP contribution is -2.58. The van der Waals surface area contributed by atoms with Crippen molar-refractivity contribution in [3.63, 3.8) is 0 Å². The lowest BCUT2D eigenvalue weighted by atomic mass is 9.78. The summed E-state index contributed by atoms with van der Waals surface area (Å²) in [4.78, 5) is 62.5. The van der Waals surface area contributed by atoms with Crippen molar-refractivity contribution < 1.29 is 51.4 Å². The highest BCUT2D eigenvalue weighted by atomic mass is 19.4. The summed E-state index contributed by atoms with van der Waals surface area (Å²) in [7, 11) is 2.64. The Morgan fingerprint density at radius 2 is 1.71 bits per heavy atom. The highest BCUT2D eigenvalue weighted by Gasteiger charge is 2.67. The largest absolute Gasteiger partial charge is 0.490 e. The fourth-order valence-corrected chi connectivity index (χ4v) is 4.59. The van der Waals surface area contributed by atoms with Crippen molar-refractivity contribution in [2.24, 2.45) is 11.8 Å². The van der Waals surface area contributed by atoms with Crippen LogP contribution in [-0.4, -0.2) is 89.7 Å². The van der Waals surface area contributed by atoms with E-state index in [0.29, 0.717) is 12.2 Å². The smallest absolute Gasteiger partial charge is 0.475 e. The van der Waals surface area contributed by atoms with Crippen molar-refractivity contribution in [1.82, 2.24) is 15.1 Å². The Morgan fingerprint density at radius 1 is 1.16 bits per heavy atom. The third-order valence-electron chi connectivity index (χ3n) is 6.51. The lowest BCUT2D eigenvalue weighted by molar-refractivity contribution is -0.192. The maximum Gasteiger partial charge on any atom is 0.490 e. The van der Waals surface area contributed by atoms with E-state index in [9.17, 15) is 36.7 Å². The molecule has 0 bridgehead atoms. The summed E-state index contributed by atoms with van der Waals surface area (Å²) in [5.74, 6) is -6.29. The molecule has 0 spiro atoms. The number of carboxylic acid groups (broad SMARTS) is 1. The van der Waals surface area contributed by atoms with Crippen molar-refractivity contribution in [2.75, 3.05) is 32.6 Å². The van der Waals surface area contributed by atoms with Crippen LogP contribution in [0.25, 0.3) is 0 Å². The molecule has 2 heterocycles. The number of benzene rings is 1. The van der Waals surface area contributed by atoms with Gasteiger partial charge in [-0.15, -0.1) is 0 Å². The summed E-state index contributed by atoms with van der Waals surface area (Å²) >= 11 is 0. The van der Waals surface area contributed by atoms with E-state index in [-0.39, 0.29) is 18.9 Å². The van der Waals surface area contributed by atoms with Gasteiger partial charge in [0, 0.05) is 31.9 Å². The van der Waals surface area contributed by atoms with Gasteiger partial charge in [-0.25, -0.2) is 14.0 Å². The number of anilines is 1. The Kier molecular flexibility index (Phi) is 9.42. The van der Waals surface area contributed by atoms with E-state index in [2.05, 4.69) is 10.6 Å². The first kappa shape index (κ1) is 30.5. The van der Waals surface area contributed by atoms with Gasteiger partial charge in [-0.2, -0.15) is 13.2 Å². The third-order valence-corrected chi connectivity index (χ3v) is 6.51. The van der Waals surface area contributed by atoms with Crippen LogP contribution in [0.1, 0.15) is 20.3 Å². The number of carbonyl (C=O) groups excluding carboxylic acids is 4. The van der Waals surface area contributed by atoms with E-state index < -0.39 is 59.3 Å². The number of amides is 4. The Labute approximate surface area is 215 Å². The predicted molar refractivity (Wildman–Crippen MR) is 123 cm³/mol. The number of aliphatic carboxylic acids is 1. The molecule has 4 amide bonds. The Morgan fingerprint density at radius 3 is 2.16 bits per heavy atom. The topological polar surface area (TPSA) is 145 Å². The Hall–Kier alpha value is -3.75. The molecular formula is C23H28F4N4O7. The number of urea groups is 1. The van der Waals surface area contributed by atoms with Crippen LogP contribution in [0.15, 0.2) is 24.3 Å². The summed E-state index contributed by atoms with van der Waals surface area (Å²) < 4.78 is 49.8. The number of alkyl halides is 3. The molecule has 38 heavy (non-hydrogen) atoms. The molecule has 0 aromatic heterocycles. The number of fused-ring (bicyclic) bond motifs is 1. The number of imide groups is 1. The van der Waals surface area contributed by atoms with Gasteiger partial charge in [-0.05, 0) is 37.6 Å². The van der Waals surface area contributed by atoms with Gasteiger partial charge in [0.2, 0.25) is 11.8 Å². The molecule has 2 saturated heterocycles. The molecule has 4 atom stereocenters. The summed E-state index contributed by atoms with van der Waals surface area (Å²) in [6.07, 6.45) is -4.84. The van der Waals surface area contributed by atoms with Crippen molar-refractivity contribution in [3.05, 3.63) is 30.1 Å². The normalized spacial score (nSPS) is 24.3. The van der Waals surface area contributed by atoms with Gasteiger partial charge in [0.15, 0.2) is 0 Å².